The topological polar surface area (TPSA) is 23.8 Å². The smallest absolute Gasteiger partial charge is 0.193 e. The van der Waals surface area contributed by atoms with Crippen molar-refractivity contribution < 1.29 is 13.2 Å². The van der Waals surface area contributed by atoms with Gasteiger partial charge in [-0.05, 0) is 36.3 Å². The highest BCUT2D eigenvalue weighted by Gasteiger charge is 2.30. The lowest BCUT2D eigenvalue weighted by Gasteiger charge is -2.08. The summed E-state index contributed by atoms with van der Waals surface area (Å²) < 4.78 is 37.0. The summed E-state index contributed by atoms with van der Waals surface area (Å²) in [5, 5.41) is 8.29. The molecule has 0 amide bonds. The normalized spacial score (nSPS) is 11.7. The maximum atomic E-state index is 12.3. The number of halogens is 3. The number of alkyl halides is 3. The van der Waals surface area contributed by atoms with Crippen LogP contribution in [0.15, 0.2) is 24.3 Å². The van der Waals surface area contributed by atoms with E-state index < -0.39 is 11.7 Å². The Morgan fingerprint density at radius 1 is 1.33 bits per heavy atom. The van der Waals surface area contributed by atoms with Crippen molar-refractivity contribution in [3.63, 3.8) is 0 Å². The van der Waals surface area contributed by atoms with E-state index >= 15 is 0 Å². The minimum atomic E-state index is -4.34. The predicted molar refractivity (Wildman–Crippen MR) is 50.8 cm³/mol. The van der Waals surface area contributed by atoms with Crippen molar-refractivity contribution in [2.75, 3.05) is 0 Å². The molecule has 1 aromatic rings. The zero-order chi connectivity index (χ0) is 11.5. The maximum absolute atomic E-state index is 12.3. The van der Waals surface area contributed by atoms with Crippen LogP contribution in [0.3, 0.4) is 0 Å². The molecule has 0 N–H and O–H groups in total. The zero-order valence-corrected chi connectivity index (χ0v) is 7.97. The van der Waals surface area contributed by atoms with E-state index in [-0.39, 0.29) is 0 Å². The second kappa shape index (κ2) is 4.18. The molecule has 0 unspecified atom stereocenters. The second-order valence-electron chi connectivity index (χ2n) is 3.03. The van der Waals surface area contributed by atoms with Crippen molar-refractivity contribution in [1.82, 2.24) is 0 Å². The molecule has 15 heavy (non-hydrogen) atoms. The third-order valence-corrected chi connectivity index (χ3v) is 1.94. The van der Waals surface area contributed by atoms with Crippen LogP contribution >= 0.6 is 0 Å². The van der Waals surface area contributed by atoms with Crippen LogP contribution in [-0.2, 0) is 6.18 Å². The van der Waals surface area contributed by atoms with Crippen LogP contribution in [0.4, 0.5) is 13.2 Å². The highest BCUT2D eigenvalue weighted by Crippen LogP contribution is 2.30. The number of nitrogens with zero attached hydrogens (tertiary/aromatic N) is 1. The number of allylic oxidation sites excluding steroid dienone is 1. The molecule has 0 aliphatic rings. The minimum Gasteiger partial charge on any atom is -0.193 e. The van der Waals surface area contributed by atoms with E-state index in [0.717, 1.165) is 18.2 Å². The van der Waals surface area contributed by atoms with Gasteiger partial charge in [-0.1, -0.05) is 6.07 Å². The Kier molecular flexibility index (Phi) is 3.15. The lowest BCUT2D eigenvalue weighted by Crippen LogP contribution is -2.05. The van der Waals surface area contributed by atoms with Crippen LogP contribution in [-0.4, -0.2) is 0 Å². The van der Waals surface area contributed by atoms with Gasteiger partial charge in [-0.15, -0.1) is 0 Å². The van der Waals surface area contributed by atoms with Crippen molar-refractivity contribution >= 4 is 6.08 Å². The van der Waals surface area contributed by atoms with Crippen LogP contribution in [0.1, 0.15) is 16.7 Å². The molecular formula is C11H8F3N. The Balaban J connectivity index is 3.18. The van der Waals surface area contributed by atoms with Crippen LogP contribution in [0.25, 0.3) is 6.08 Å². The minimum absolute atomic E-state index is 0.409. The number of hydrogen-bond donors (Lipinski definition) is 0. The molecule has 1 rings (SSSR count). The van der Waals surface area contributed by atoms with Crippen LogP contribution < -0.4 is 0 Å². The fraction of sp³-hybridized carbons (Fsp3) is 0.182. The van der Waals surface area contributed by atoms with E-state index in [4.69, 9.17) is 5.26 Å². The molecule has 78 valence electrons. The van der Waals surface area contributed by atoms with Gasteiger partial charge in [0.1, 0.15) is 0 Å². The Labute approximate surface area is 85.5 Å². The van der Waals surface area contributed by atoms with Gasteiger partial charge in [0.2, 0.25) is 0 Å². The van der Waals surface area contributed by atoms with E-state index in [1.165, 1.54) is 12.1 Å². The molecule has 0 aliphatic heterocycles. The monoisotopic (exact) mass is 211 g/mol. The van der Waals surface area contributed by atoms with Gasteiger partial charge in [0, 0.05) is 6.08 Å². The number of hydrogen-bond acceptors (Lipinski definition) is 1. The fourth-order valence-corrected chi connectivity index (χ4v) is 1.12. The zero-order valence-electron chi connectivity index (χ0n) is 7.97. The third kappa shape index (κ3) is 2.84. The molecule has 0 radical (unpaired) electrons. The summed E-state index contributed by atoms with van der Waals surface area (Å²) in [7, 11) is 0. The van der Waals surface area contributed by atoms with Gasteiger partial charge in [-0.25, -0.2) is 0 Å². The summed E-state index contributed by atoms with van der Waals surface area (Å²) in [6, 6.07) is 5.19. The molecule has 0 heterocycles. The van der Waals surface area contributed by atoms with E-state index in [1.807, 2.05) is 0 Å². The summed E-state index contributed by atoms with van der Waals surface area (Å²) in [6.45, 7) is 1.69. The standard InChI is InChI=1S/C11H8F3N/c1-8-4-5-10(11(12,13)14)7-9(8)3-2-6-15/h2-5,7H,1H3. The van der Waals surface area contributed by atoms with E-state index in [1.54, 1.807) is 13.0 Å². The summed E-state index contributed by atoms with van der Waals surface area (Å²) in [5.74, 6) is 0. The highest BCUT2D eigenvalue weighted by molar-refractivity contribution is 5.56. The first-order chi connectivity index (χ1) is 6.95. The predicted octanol–water partition coefficient (Wildman–Crippen LogP) is 3.55. The SMILES string of the molecule is Cc1ccc(C(F)(F)F)cc1C=CC#N. The van der Waals surface area contributed by atoms with E-state index in [2.05, 4.69) is 0 Å². The van der Waals surface area contributed by atoms with E-state index in [0.29, 0.717) is 11.1 Å². The molecule has 0 fully saturated rings. The molecule has 0 saturated carbocycles. The van der Waals surface area contributed by atoms with Gasteiger partial charge in [-0.2, -0.15) is 18.4 Å². The molecule has 0 aliphatic carbocycles. The number of nitriles is 1. The molecular weight excluding hydrogens is 203 g/mol. The summed E-state index contributed by atoms with van der Waals surface area (Å²) in [4.78, 5) is 0. The van der Waals surface area contributed by atoms with Gasteiger partial charge < -0.3 is 0 Å². The van der Waals surface area contributed by atoms with Gasteiger partial charge in [-0.3, -0.25) is 0 Å². The highest BCUT2D eigenvalue weighted by atomic mass is 19.4. The average Bonchev–Trinajstić information content (AvgIpc) is 2.15. The average molecular weight is 211 g/mol. The van der Waals surface area contributed by atoms with Gasteiger partial charge in [0.15, 0.2) is 0 Å². The van der Waals surface area contributed by atoms with Crippen LogP contribution in [0, 0.1) is 18.3 Å². The Morgan fingerprint density at radius 2 is 2.00 bits per heavy atom. The maximum Gasteiger partial charge on any atom is 0.416 e. The third-order valence-electron chi connectivity index (χ3n) is 1.94. The van der Waals surface area contributed by atoms with Crippen LogP contribution in [0.2, 0.25) is 0 Å². The van der Waals surface area contributed by atoms with Crippen molar-refractivity contribution in [2.45, 2.75) is 13.1 Å². The van der Waals surface area contributed by atoms with Gasteiger partial charge in [0.05, 0.1) is 11.6 Å². The molecule has 1 aromatic carbocycles. The van der Waals surface area contributed by atoms with Gasteiger partial charge >= 0.3 is 6.18 Å². The molecule has 0 saturated heterocycles. The van der Waals surface area contributed by atoms with Crippen molar-refractivity contribution in [1.29, 1.82) is 5.26 Å². The largest absolute Gasteiger partial charge is 0.416 e. The molecule has 4 heteroatoms. The molecule has 1 nitrogen and oxygen atoms in total. The molecule has 0 aromatic heterocycles. The van der Waals surface area contributed by atoms with Crippen molar-refractivity contribution in [2.24, 2.45) is 0 Å². The summed E-state index contributed by atoms with van der Waals surface area (Å²) in [6.07, 6.45) is -1.82. The fourth-order valence-electron chi connectivity index (χ4n) is 1.12. The number of rotatable bonds is 1. The Bertz CT molecular complexity index is 424. The molecule has 0 spiro atoms. The van der Waals surface area contributed by atoms with Crippen molar-refractivity contribution in [3.8, 4) is 6.07 Å². The first-order valence-corrected chi connectivity index (χ1v) is 4.19. The number of benzene rings is 1. The van der Waals surface area contributed by atoms with Crippen LogP contribution in [0.5, 0.6) is 0 Å². The lowest BCUT2D eigenvalue weighted by molar-refractivity contribution is -0.137. The van der Waals surface area contributed by atoms with Gasteiger partial charge in [0.25, 0.3) is 0 Å². The first-order valence-electron chi connectivity index (χ1n) is 4.19. The Hall–Kier alpha value is -1.76. The number of aryl methyl sites for hydroxylation is 1. The lowest BCUT2D eigenvalue weighted by atomic mass is 10.0. The molecule has 0 bridgehead atoms. The quantitative estimate of drug-likeness (QED) is 0.651. The Morgan fingerprint density at radius 3 is 2.53 bits per heavy atom. The second-order valence-corrected chi connectivity index (χ2v) is 3.03. The first kappa shape index (κ1) is 11.3. The summed E-state index contributed by atoms with van der Waals surface area (Å²) in [5.41, 5.74) is 0.409. The van der Waals surface area contributed by atoms with E-state index in [9.17, 15) is 13.2 Å². The molecule has 0 atom stereocenters. The van der Waals surface area contributed by atoms with Crippen molar-refractivity contribution in [3.05, 3.63) is 41.0 Å². The summed E-state index contributed by atoms with van der Waals surface area (Å²) >= 11 is 0.